The van der Waals surface area contributed by atoms with E-state index >= 15 is 0 Å². The van der Waals surface area contributed by atoms with Gasteiger partial charge in [0.15, 0.2) is 0 Å². The molecular formula is C18H18N2O2. The molecule has 0 bridgehead atoms. The predicted octanol–water partition coefficient (Wildman–Crippen LogP) is 3.37. The summed E-state index contributed by atoms with van der Waals surface area (Å²) in [6.45, 7) is 0.848. The Morgan fingerprint density at radius 2 is 1.77 bits per heavy atom. The van der Waals surface area contributed by atoms with Gasteiger partial charge in [-0.2, -0.15) is 5.26 Å². The molecule has 4 heteroatoms. The van der Waals surface area contributed by atoms with E-state index in [2.05, 4.69) is 6.07 Å². The quantitative estimate of drug-likeness (QED) is 0.849. The van der Waals surface area contributed by atoms with Gasteiger partial charge >= 0.3 is 6.09 Å². The molecule has 0 unspecified atom stereocenters. The first-order chi connectivity index (χ1) is 10.7. The van der Waals surface area contributed by atoms with Crippen LogP contribution in [-0.2, 0) is 17.8 Å². The Bertz CT molecular complexity index is 645. The Morgan fingerprint density at radius 3 is 2.41 bits per heavy atom. The van der Waals surface area contributed by atoms with Crippen LogP contribution >= 0.6 is 0 Å². The number of ether oxygens (including phenoxy) is 1. The van der Waals surface area contributed by atoms with Crippen LogP contribution < -0.4 is 0 Å². The van der Waals surface area contributed by atoms with Gasteiger partial charge in [-0.15, -0.1) is 0 Å². The summed E-state index contributed by atoms with van der Waals surface area (Å²) in [6.07, 6.45) is 0.389. The van der Waals surface area contributed by atoms with Crippen LogP contribution in [0.2, 0.25) is 0 Å². The molecule has 0 saturated heterocycles. The van der Waals surface area contributed by atoms with Gasteiger partial charge in [-0.05, 0) is 29.7 Å². The average Bonchev–Trinajstić information content (AvgIpc) is 2.58. The number of carbonyl (C=O) groups is 1. The van der Waals surface area contributed by atoms with Crippen molar-refractivity contribution >= 4 is 6.09 Å². The molecule has 0 spiro atoms. The molecule has 22 heavy (non-hydrogen) atoms. The van der Waals surface area contributed by atoms with E-state index in [9.17, 15) is 4.79 Å². The third kappa shape index (κ3) is 4.64. The van der Waals surface area contributed by atoms with Gasteiger partial charge in [-0.3, -0.25) is 0 Å². The van der Waals surface area contributed by atoms with Crippen LogP contribution in [0, 0.1) is 11.3 Å². The topological polar surface area (TPSA) is 53.3 Å². The monoisotopic (exact) mass is 294 g/mol. The van der Waals surface area contributed by atoms with Crippen molar-refractivity contribution in [2.75, 3.05) is 13.6 Å². The van der Waals surface area contributed by atoms with Gasteiger partial charge in [0.2, 0.25) is 0 Å². The largest absolute Gasteiger partial charge is 0.445 e. The van der Waals surface area contributed by atoms with Crippen molar-refractivity contribution in [1.29, 1.82) is 5.26 Å². The van der Waals surface area contributed by atoms with Crippen molar-refractivity contribution < 1.29 is 9.53 Å². The maximum atomic E-state index is 11.9. The molecule has 0 radical (unpaired) electrons. The van der Waals surface area contributed by atoms with Gasteiger partial charge in [0.25, 0.3) is 0 Å². The Labute approximate surface area is 130 Å². The molecule has 0 saturated carbocycles. The van der Waals surface area contributed by atoms with Crippen molar-refractivity contribution in [1.82, 2.24) is 4.90 Å². The Morgan fingerprint density at radius 1 is 1.09 bits per heavy atom. The summed E-state index contributed by atoms with van der Waals surface area (Å²) < 4.78 is 5.26. The molecule has 112 valence electrons. The van der Waals surface area contributed by atoms with Gasteiger partial charge in [-0.1, -0.05) is 42.5 Å². The molecule has 0 atom stereocenters. The second kappa shape index (κ2) is 7.84. The number of carbonyl (C=O) groups excluding carboxylic acids is 1. The lowest BCUT2D eigenvalue weighted by Crippen LogP contribution is -2.29. The molecule has 0 N–H and O–H groups in total. The van der Waals surface area contributed by atoms with Crippen LogP contribution in [0.4, 0.5) is 4.79 Å². The van der Waals surface area contributed by atoms with Gasteiger partial charge in [0, 0.05) is 13.6 Å². The van der Waals surface area contributed by atoms with Crippen molar-refractivity contribution in [2.24, 2.45) is 0 Å². The van der Waals surface area contributed by atoms with Gasteiger partial charge < -0.3 is 9.64 Å². The third-order valence-electron chi connectivity index (χ3n) is 3.34. The highest BCUT2D eigenvalue weighted by molar-refractivity contribution is 5.67. The fourth-order valence-corrected chi connectivity index (χ4v) is 1.96. The standard InChI is InChI=1S/C18H18N2O2/c1-20(12-11-15-7-9-16(13-19)10-8-15)18(21)22-14-17-5-3-2-4-6-17/h2-10H,11-12,14H2,1H3. The van der Waals surface area contributed by atoms with Gasteiger partial charge in [0.1, 0.15) is 6.61 Å². The highest BCUT2D eigenvalue weighted by Crippen LogP contribution is 2.06. The van der Waals surface area contributed by atoms with E-state index in [1.54, 1.807) is 24.1 Å². The molecule has 1 amide bonds. The first-order valence-corrected chi connectivity index (χ1v) is 7.10. The SMILES string of the molecule is CN(CCc1ccc(C#N)cc1)C(=O)OCc1ccccc1. The summed E-state index contributed by atoms with van der Waals surface area (Å²) in [5, 5.41) is 8.75. The number of rotatable bonds is 5. The van der Waals surface area contributed by atoms with Crippen LogP contribution in [0.15, 0.2) is 54.6 Å². The summed E-state index contributed by atoms with van der Waals surface area (Å²) in [7, 11) is 1.72. The molecule has 2 aromatic rings. The van der Waals surface area contributed by atoms with Gasteiger partial charge in [-0.25, -0.2) is 4.79 Å². The minimum atomic E-state index is -0.336. The second-order valence-corrected chi connectivity index (χ2v) is 5.02. The number of benzene rings is 2. The Balaban J connectivity index is 1.77. The maximum absolute atomic E-state index is 11.9. The van der Waals surface area contributed by atoms with Crippen LogP contribution in [-0.4, -0.2) is 24.6 Å². The summed E-state index contributed by atoms with van der Waals surface area (Å²) in [6, 6.07) is 19.1. The lowest BCUT2D eigenvalue weighted by atomic mass is 10.1. The normalized spacial score (nSPS) is 9.82. The molecule has 4 nitrogen and oxygen atoms in total. The summed E-state index contributed by atoms with van der Waals surface area (Å²) in [5.41, 5.74) is 2.69. The molecule has 0 aliphatic carbocycles. The molecule has 0 aliphatic rings. The summed E-state index contributed by atoms with van der Waals surface area (Å²) in [5.74, 6) is 0. The minimum absolute atomic E-state index is 0.279. The number of amides is 1. The number of hydrogen-bond acceptors (Lipinski definition) is 3. The maximum Gasteiger partial charge on any atom is 0.409 e. The van der Waals surface area contributed by atoms with E-state index in [1.807, 2.05) is 42.5 Å². The average molecular weight is 294 g/mol. The molecule has 2 rings (SSSR count). The molecule has 0 aliphatic heterocycles. The van der Waals surface area contributed by atoms with Crippen molar-refractivity contribution in [2.45, 2.75) is 13.0 Å². The van der Waals surface area contributed by atoms with Crippen LogP contribution in [0.3, 0.4) is 0 Å². The smallest absolute Gasteiger partial charge is 0.409 e. The number of nitriles is 1. The first kappa shape index (κ1) is 15.6. The molecule has 0 heterocycles. The third-order valence-corrected chi connectivity index (χ3v) is 3.34. The zero-order chi connectivity index (χ0) is 15.8. The zero-order valence-electron chi connectivity index (χ0n) is 12.5. The fourth-order valence-electron chi connectivity index (χ4n) is 1.96. The first-order valence-electron chi connectivity index (χ1n) is 7.10. The lowest BCUT2D eigenvalue weighted by Gasteiger charge is -2.17. The second-order valence-electron chi connectivity index (χ2n) is 5.02. The Kier molecular flexibility index (Phi) is 5.56. The van der Waals surface area contributed by atoms with E-state index in [0.29, 0.717) is 12.1 Å². The molecular weight excluding hydrogens is 276 g/mol. The minimum Gasteiger partial charge on any atom is -0.445 e. The predicted molar refractivity (Wildman–Crippen MR) is 84.1 cm³/mol. The van der Waals surface area contributed by atoms with Gasteiger partial charge in [0.05, 0.1) is 11.6 Å². The Hall–Kier alpha value is -2.80. The number of nitrogens with zero attached hydrogens (tertiary/aromatic N) is 2. The number of likely N-dealkylation sites (N-methyl/N-ethyl adjacent to an activating group) is 1. The summed E-state index contributed by atoms with van der Waals surface area (Å²) in [4.78, 5) is 13.5. The van der Waals surface area contributed by atoms with E-state index in [1.165, 1.54) is 0 Å². The van der Waals surface area contributed by atoms with E-state index in [0.717, 1.165) is 17.5 Å². The fraction of sp³-hybridized carbons (Fsp3) is 0.222. The highest BCUT2D eigenvalue weighted by Gasteiger charge is 2.10. The zero-order valence-corrected chi connectivity index (χ0v) is 12.5. The number of hydrogen-bond donors (Lipinski definition) is 0. The highest BCUT2D eigenvalue weighted by atomic mass is 16.6. The van der Waals surface area contributed by atoms with Crippen LogP contribution in [0.25, 0.3) is 0 Å². The molecule has 0 aromatic heterocycles. The van der Waals surface area contributed by atoms with Crippen LogP contribution in [0.5, 0.6) is 0 Å². The molecule has 0 fully saturated rings. The van der Waals surface area contributed by atoms with Crippen molar-refractivity contribution in [3.8, 4) is 6.07 Å². The van der Waals surface area contributed by atoms with E-state index < -0.39 is 0 Å². The lowest BCUT2D eigenvalue weighted by molar-refractivity contribution is 0.105. The van der Waals surface area contributed by atoms with E-state index in [-0.39, 0.29) is 12.7 Å². The van der Waals surface area contributed by atoms with Crippen molar-refractivity contribution in [3.63, 3.8) is 0 Å². The summed E-state index contributed by atoms with van der Waals surface area (Å²) >= 11 is 0. The molecule has 2 aromatic carbocycles. The van der Waals surface area contributed by atoms with E-state index in [4.69, 9.17) is 10.00 Å². The van der Waals surface area contributed by atoms with Crippen molar-refractivity contribution in [3.05, 3.63) is 71.3 Å². The van der Waals surface area contributed by atoms with Crippen LogP contribution in [0.1, 0.15) is 16.7 Å².